The molecule has 0 aliphatic heterocycles. The first-order valence-corrected chi connectivity index (χ1v) is 7.52. The van der Waals surface area contributed by atoms with Gasteiger partial charge in [0.2, 0.25) is 0 Å². The number of methoxy groups -OCH3 is 1. The molecule has 1 saturated carbocycles. The molecule has 1 aromatic rings. The van der Waals surface area contributed by atoms with Gasteiger partial charge < -0.3 is 15.4 Å². The molecule has 1 aromatic carbocycles. The third-order valence-electron chi connectivity index (χ3n) is 3.83. The van der Waals surface area contributed by atoms with Crippen molar-refractivity contribution in [3.8, 4) is 5.75 Å². The van der Waals surface area contributed by atoms with E-state index in [9.17, 15) is 0 Å². The van der Waals surface area contributed by atoms with Gasteiger partial charge in [0.25, 0.3) is 0 Å². The smallest absolute Gasteiger partial charge is 0.191 e. The summed E-state index contributed by atoms with van der Waals surface area (Å²) in [5, 5.41) is 6.50. The average Bonchev–Trinajstić information content (AvgIpc) is 3.31. The predicted molar refractivity (Wildman–Crippen MR) is 88.1 cm³/mol. The van der Waals surface area contributed by atoms with E-state index in [2.05, 4.69) is 36.3 Å². The number of nitrogens with zero attached hydrogens (tertiary/aromatic N) is 1. The molecule has 1 aliphatic carbocycles. The maximum Gasteiger partial charge on any atom is 0.191 e. The maximum absolute atomic E-state index is 5.50. The summed E-state index contributed by atoms with van der Waals surface area (Å²) >= 11 is 0. The number of guanidine groups is 1. The van der Waals surface area contributed by atoms with Crippen LogP contribution < -0.4 is 15.4 Å². The summed E-state index contributed by atoms with van der Waals surface area (Å²) in [7, 11) is 1.73. The zero-order chi connectivity index (χ0) is 15.1. The second-order valence-electron chi connectivity index (χ2n) is 5.35. The molecule has 0 bridgehead atoms. The van der Waals surface area contributed by atoms with E-state index in [1.165, 1.54) is 5.56 Å². The molecule has 4 nitrogen and oxygen atoms in total. The van der Waals surface area contributed by atoms with Crippen LogP contribution in [0, 0.1) is 0 Å². The van der Waals surface area contributed by atoms with E-state index >= 15 is 0 Å². The molecular formula is C17H25N3O. The summed E-state index contributed by atoms with van der Waals surface area (Å²) < 4.78 is 5.50. The van der Waals surface area contributed by atoms with Crippen LogP contribution in [-0.2, 0) is 5.41 Å². The van der Waals surface area contributed by atoms with Crippen molar-refractivity contribution < 1.29 is 4.74 Å². The summed E-state index contributed by atoms with van der Waals surface area (Å²) in [4.78, 5) is 4.73. The molecule has 0 saturated heterocycles. The van der Waals surface area contributed by atoms with E-state index in [1.54, 1.807) is 7.11 Å². The highest BCUT2D eigenvalue weighted by Crippen LogP contribution is 2.51. The van der Waals surface area contributed by atoms with E-state index in [4.69, 9.17) is 9.73 Å². The molecule has 2 rings (SSSR count). The molecule has 0 aromatic heterocycles. The first-order chi connectivity index (χ1) is 10.3. The van der Waals surface area contributed by atoms with Crippen LogP contribution in [0.15, 0.2) is 41.9 Å². The van der Waals surface area contributed by atoms with E-state index in [0.29, 0.717) is 6.54 Å². The number of nitrogens with one attached hydrogen (secondary N) is 2. The number of aliphatic imine (C=N–C) groups is 1. The lowest BCUT2D eigenvalue weighted by molar-refractivity contribution is 0.404. The monoisotopic (exact) mass is 287 g/mol. The van der Waals surface area contributed by atoms with Gasteiger partial charge in [-0.3, -0.25) is 4.99 Å². The van der Waals surface area contributed by atoms with Gasteiger partial charge in [-0.25, -0.2) is 0 Å². The molecule has 0 spiro atoms. The Labute approximate surface area is 127 Å². The number of benzene rings is 1. The molecule has 0 atom stereocenters. The van der Waals surface area contributed by atoms with E-state index < -0.39 is 0 Å². The summed E-state index contributed by atoms with van der Waals surface area (Å²) in [6, 6.07) is 8.27. The SMILES string of the molecule is C=CCNC(=NCC1(c2ccccc2OC)CC1)NCC. The first-order valence-electron chi connectivity index (χ1n) is 7.52. The van der Waals surface area contributed by atoms with E-state index in [-0.39, 0.29) is 5.41 Å². The fraction of sp³-hybridized carbons (Fsp3) is 0.471. The highest BCUT2D eigenvalue weighted by molar-refractivity contribution is 5.80. The van der Waals surface area contributed by atoms with Gasteiger partial charge in [0, 0.05) is 24.1 Å². The molecule has 114 valence electrons. The van der Waals surface area contributed by atoms with Crippen molar-refractivity contribution in [2.24, 2.45) is 4.99 Å². The van der Waals surface area contributed by atoms with Crippen LogP contribution in [0.25, 0.3) is 0 Å². The van der Waals surface area contributed by atoms with Crippen LogP contribution in [0.3, 0.4) is 0 Å². The van der Waals surface area contributed by atoms with Crippen LogP contribution in [0.1, 0.15) is 25.3 Å². The van der Waals surface area contributed by atoms with Gasteiger partial charge >= 0.3 is 0 Å². The van der Waals surface area contributed by atoms with Crippen molar-refractivity contribution in [2.75, 3.05) is 26.7 Å². The molecule has 0 heterocycles. The van der Waals surface area contributed by atoms with Crippen molar-refractivity contribution in [2.45, 2.75) is 25.2 Å². The zero-order valence-electron chi connectivity index (χ0n) is 13.0. The van der Waals surface area contributed by atoms with Crippen molar-refractivity contribution >= 4 is 5.96 Å². The lowest BCUT2D eigenvalue weighted by Gasteiger charge is -2.18. The van der Waals surface area contributed by atoms with Gasteiger partial charge in [-0.1, -0.05) is 24.3 Å². The first kappa shape index (κ1) is 15.4. The maximum atomic E-state index is 5.50. The van der Waals surface area contributed by atoms with Crippen LogP contribution in [-0.4, -0.2) is 32.7 Å². The Balaban J connectivity index is 2.11. The minimum atomic E-state index is 0.142. The standard InChI is InChI=1S/C17H25N3O/c1-4-12-19-16(18-5-2)20-13-17(10-11-17)14-8-6-7-9-15(14)21-3/h4,6-9H,1,5,10-13H2,2-3H3,(H2,18,19,20). The summed E-state index contributed by atoms with van der Waals surface area (Å²) in [6.07, 6.45) is 4.16. The van der Waals surface area contributed by atoms with Gasteiger partial charge in [-0.2, -0.15) is 0 Å². The van der Waals surface area contributed by atoms with Crippen LogP contribution in [0.4, 0.5) is 0 Å². The number of ether oxygens (including phenoxy) is 1. The Hall–Kier alpha value is -1.97. The van der Waals surface area contributed by atoms with Crippen LogP contribution in [0.2, 0.25) is 0 Å². The van der Waals surface area contributed by atoms with Crippen molar-refractivity contribution in [3.05, 3.63) is 42.5 Å². The number of hydrogen-bond donors (Lipinski definition) is 2. The molecule has 21 heavy (non-hydrogen) atoms. The molecule has 0 amide bonds. The summed E-state index contributed by atoms with van der Waals surface area (Å²) in [6.45, 7) is 8.14. The normalized spacial score (nSPS) is 16.2. The number of para-hydroxylation sites is 1. The minimum Gasteiger partial charge on any atom is -0.496 e. The molecule has 0 radical (unpaired) electrons. The fourth-order valence-corrected chi connectivity index (χ4v) is 2.49. The third kappa shape index (κ3) is 3.78. The summed E-state index contributed by atoms with van der Waals surface area (Å²) in [5.74, 6) is 1.81. The molecule has 4 heteroatoms. The largest absolute Gasteiger partial charge is 0.496 e. The Morgan fingerprint density at radius 3 is 2.76 bits per heavy atom. The second-order valence-corrected chi connectivity index (χ2v) is 5.35. The number of hydrogen-bond acceptors (Lipinski definition) is 2. The van der Waals surface area contributed by atoms with Crippen molar-refractivity contribution in [3.63, 3.8) is 0 Å². The second kappa shape index (κ2) is 7.16. The van der Waals surface area contributed by atoms with Gasteiger partial charge in [0.05, 0.1) is 13.7 Å². The fourth-order valence-electron chi connectivity index (χ4n) is 2.49. The number of rotatable bonds is 7. The Kier molecular flexibility index (Phi) is 5.26. The molecule has 1 aliphatic rings. The molecule has 1 fully saturated rings. The van der Waals surface area contributed by atoms with Crippen LogP contribution >= 0.6 is 0 Å². The topological polar surface area (TPSA) is 45.7 Å². The zero-order valence-corrected chi connectivity index (χ0v) is 13.0. The van der Waals surface area contributed by atoms with Crippen molar-refractivity contribution in [1.29, 1.82) is 0 Å². The molecule has 2 N–H and O–H groups in total. The Morgan fingerprint density at radius 2 is 2.14 bits per heavy atom. The highest BCUT2D eigenvalue weighted by atomic mass is 16.5. The lowest BCUT2D eigenvalue weighted by atomic mass is 9.95. The lowest BCUT2D eigenvalue weighted by Crippen LogP contribution is -2.38. The van der Waals surface area contributed by atoms with Gasteiger partial charge in [0.15, 0.2) is 5.96 Å². The third-order valence-corrected chi connectivity index (χ3v) is 3.83. The highest BCUT2D eigenvalue weighted by Gasteiger charge is 2.45. The minimum absolute atomic E-state index is 0.142. The Morgan fingerprint density at radius 1 is 1.38 bits per heavy atom. The van der Waals surface area contributed by atoms with Crippen LogP contribution in [0.5, 0.6) is 5.75 Å². The average molecular weight is 287 g/mol. The summed E-state index contributed by atoms with van der Waals surface area (Å²) in [5.41, 5.74) is 1.42. The van der Waals surface area contributed by atoms with Gasteiger partial charge in [0.1, 0.15) is 5.75 Å². The predicted octanol–water partition coefficient (Wildman–Crippen LogP) is 2.47. The van der Waals surface area contributed by atoms with Gasteiger partial charge in [-0.05, 0) is 25.8 Å². The quantitative estimate of drug-likeness (QED) is 0.460. The van der Waals surface area contributed by atoms with E-state index in [0.717, 1.165) is 37.6 Å². The van der Waals surface area contributed by atoms with E-state index in [1.807, 2.05) is 18.2 Å². The Bertz CT molecular complexity index is 507. The molecular weight excluding hydrogens is 262 g/mol. The van der Waals surface area contributed by atoms with Crippen molar-refractivity contribution in [1.82, 2.24) is 10.6 Å². The van der Waals surface area contributed by atoms with Gasteiger partial charge in [-0.15, -0.1) is 6.58 Å². The molecule has 0 unspecified atom stereocenters.